The molecule has 0 heterocycles. The second-order valence-electron chi connectivity index (χ2n) is 15.8. The fourth-order valence-electron chi connectivity index (χ4n) is 8.89. The average molecular weight is 742 g/mol. The lowest BCUT2D eigenvalue weighted by Gasteiger charge is -2.26. The minimum Gasteiger partial charge on any atom is -0.311 e. The van der Waals surface area contributed by atoms with Gasteiger partial charge >= 0.3 is 0 Å². The van der Waals surface area contributed by atoms with Crippen LogP contribution in [0.4, 0.5) is 17.1 Å². The van der Waals surface area contributed by atoms with Crippen molar-refractivity contribution in [3.8, 4) is 66.8 Å². The second-order valence-corrected chi connectivity index (χ2v) is 15.8. The average Bonchev–Trinajstić information content (AvgIpc) is 3.53. The molecule has 10 rings (SSSR count). The number of hydrogen-bond acceptors (Lipinski definition) is 1. The Kier molecular flexibility index (Phi) is 8.92. The van der Waals surface area contributed by atoms with Crippen molar-refractivity contribution in [3.63, 3.8) is 0 Å². The normalized spacial score (nSPS) is 12.4. The Hall–Kier alpha value is -7.22. The molecule has 0 unspecified atom stereocenters. The van der Waals surface area contributed by atoms with E-state index in [2.05, 4.69) is 243 Å². The molecule has 0 spiro atoms. The van der Waals surface area contributed by atoms with Gasteiger partial charge in [-0.15, -0.1) is 0 Å². The molecule has 0 atom stereocenters. The SMILES string of the molecule is CC1(C)c2cc(-c3ccc(N(c4ccc(-c5ccccc5)cc4)c4ccc(-c5ccccc5)cc4)cc3)ccc2-c2cccc(-c3ccc(-c4ccccc4)cc3)c21. The van der Waals surface area contributed by atoms with Crippen molar-refractivity contribution >= 4 is 17.1 Å². The number of hydrogen-bond donors (Lipinski definition) is 0. The highest BCUT2D eigenvalue weighted by Crippen LogP contribution is 2.53. The Morgan fingerprint density at radius 2 is 0.621 bits per heavy atom. The molecule has 1 heteroatoms. The first kappa shape index (κ1) is 35.2. The minimum atomic E-state index is -0.163. The molecule has 9 aromatic carbocycles. The van der Waals surface area contributed by atoms with Crippen LogP contribution in [0.15, 0.2) is 224 Å². The highest BCUT2D eigenvalue weighted by atomic mass is 15.1. The van der Waals surface area contributed by atoms with Crippen LogP contribution in [0.25, 0.3) is 66.8 Å². The van der Waals surface area contributed by atoms with E-state index in [1.54, 1.807) is 0 Å². The van der Waals surface area contributed by atoms with Gasteiger partial charge in [-0.3, -0.25) is 0 Å². The molecule has 58 heavy (non-hydrogen) atoms. The van der Waals surface area contributed by atoms with E-state index in [1.807, 2.05) is 0 Å². The molecule has 0 bridgehead atoms. The zero-order valence-corrected chi connectivity index (χ0v) is 32.8. The fraction of sp³-hybridized carbons (Fsp3) is 0.0526. The van der Waals surface area contributed by atoms with Gasteiger partial charge in [0.15, 0.2) is 0 Å². The van der Waals surface area contributed by atoms with Crippen LogP contribution in [0.3, 0.4) is 0 Å². The van der Waals surface area contributed by atoms with E-state index in [-0.39, 0.29) is 5.41 Å². The number of anilines is 3. The van der Waals surface area contributed by atoms with Crippen molar-refractivity contribution in [2.45, 2.75) is 19.3 Å². The van der Waals surface area contributed by atoms with Crippen LogP contribution in [0.5, 0.6) is 0 Å². The summed E-state index contributed by atoms with van der Waals surface area (Å²) < 4.78 is 0. The summed E-state index contributed by atoms with van der Waals surface area (Å²) in [7, 11) is 0. The standard InChI is InChI=1S/C57H43N/c1-57(2)55-39-48(31-38-53(55)54-20-12-19-52(56(54)57)47-23-21-43(22-24-47)40-13-6-3-7-14-40)46-29-36-51(37-30-46)58(49-32-25-44(26-33-49)41-15-8-4-9-16-41)50-34-27-45(28-35-50)42-17-10-5-11-18-42/h3-39H,1-2H3. The van der Waals surface area contributed by atoms with Crippen LogP contribution in [-0.2, 0) is 5.41 Å². The van der Waals surface area contributed by atoms with Gasteiger partial charge in [0, 0.05) is 22.5 Å². The molecule has 0 aromatic heterocycles. The Morgan fingerprint density at radius 3 is 1.07 bits per heavy atom. The van der Waals surface area contributed by atoms with Gasteiger partial charge in [-0.1, -0.05) is 196 Å². The molecule has 1 aliphatic rings. The molecule has 9 aromatic rings. The molecule has 276 valence electrons. The van der Waals surface area contributed by atoms with E-state index in [0.717, 1.165) is 17.1 Å². The third-order valence-electron chi connectivity index (χ3n) is 11.9. The van der Waals surface area contributed by atoms with Crippen LogP contribution < -0.4 is 4.90 Å². The van der Waals surface area contributed by atoms with Gasteiger partial charge in [0.25, 0.3) is 0 Å². The summed E-state index contributed by atoms with van der Waals surface area (Å²) >= 11 is 0. The van der Waals surface area contributed by atoms with E-state index in [1.165, 1.54) is 77.9 Å². The number of fused-ring (bicyclic) bond motifs is 3. The maximum absolute atomic E-state index is 2.43. The van der Waals surface area contributed by atoms with Gasteiger partial charge in [0.2, 0.25) is 0 Å². The van der Waals surface area contributed by atoms with Crippen LogP contribution in [0.1, 0.15) is 25.0 Å². The lowest BCUT2D eigenvalue weighted by molar-refractivity contribution is 0.662. The largest absolute Gasteiger partial charge is 0.311 e. The second kappa shape index (κ2) is 14.7. The van der Waals surface area contributed by atoms with E-state index in [9.17, 15) is 0 Å². The summed E-state index contributed by atoms with van der Waals surface area (Å²) in [6.45, 7) is 4.77. The number of benzene rings is 9. The third-order valence-corrected chi connectivity index (χ3v) is 11.9. The van der Waals surface area contributed by atoms with E-state index in [0.29, 0.717) is 0 Å². The molecule has 0 amide bonds. The van der Waals surface area contributed by atoms with Crippen LogP contribution in [0, 0.1) is 0 Å². The van der Waals surface area contributed by atoms with Crippen LogP contribution in [-0.4, -0.2) is 0 Å². The van der Waals surface area contributed by atoms with Crippen molar-refractivity contribution in [1.29, 1.82) is 0 Å². The Balaban J connectivity index is 0.975. The third kappa shape index (κ3) is 6.41. The highest BCUT2D eigenvalue weighted by molar-refractivity contribution is 5.90. The molecule has 0 saturated heterocycles. The summed E-state index contributed by atoms with van der Waals surface area (Å²) in [5.74, 6) is 0. The zero-order valence-electron chi connectivity index (χ0n) is 32.8. The van der Waals surface area contributed by atoms with Gasteiger partial charge < -0.3 is 4.90 Å². The van der Waals surface area contributed by atoms with Gasteiger partial charge in [-0.25, -0.2) is 0 Å². The molecule has 1 aliphatic carbocycles. The monoisotopic (exact) mass is 741 g/mol. The molecule has 0 saturated carbocycles. The van der Waals surface area contributed by atoms with Crippen molar-refractivity contribution < 1.29 is 0 Å². The lowest BCUT2D eigenvalue weighted by Crippen LogP contribution is -2.16. The van der Waals surface area contributed by atoms with E-state index in [4.69, 9.17) is 0 Å². The van der Waals surface area contributed by atoms with Crippen molar-refractivity contribution in [3.05, 3.63) is 236 Å². The molecule has 0 aliphatic heterocycles. The first-order chi connectivity index (χ1) is 28.5. The first-order valence-corrected chi connectivity index (χ1v) is 20.2. The molecule has 0 N–H and O–H groups in total. The summed E-state index contributed by atoms with van der Waals surface area (Å²) in [5.41, 5.74) is 20.9. The topological polar surface area (TPSA) is 3.24 Å². The van der Waals surface area contributed by atoms with E-state index < -0.39 is 0 Å². The van der Waals surface area contributed by atoms with Gasteiger partial charge in [-0.2, -0.15) is 0 Å². The fourth-order valence-corrected chi connectivity index (χ4v) is 8.89. The van der Waals surface area contributed by atoms with Crippen LogP contribution in [0.2, 0.25) is 0 Å². The van der Waals surface area contributed by atoms with E-state index >= 15 is 0 Å². The molecule has 1 nitrogen and oxygen atoms in total. The quantitative estimate of drug-likeness (QED) is 0.150. The maximum Gasteiger partial charge on any atom is 0.0462 e. The summed E-state index contributed by atoms with van der Waals surface area (Å²) in [6.07, 6.45) is 0. The van der Waals surface area contributed by atoms with Gasteiger partial charge in [0.1, 0.15) is 0 Å². The summed E-state index contributed by atoms with van der Waals surface area (Å²) in [6, 6.07) is 81.6. The summed E-state index contributed by atoms with van der Waals surface area (Å²) in [5, 5.41) is 0. The first-order valence-electron chi connectivity index (χ1n) is 20.2. The Morgan fingerprint density at radius 1 is 0.276 bits per heavy atom. The van der Waals surface area contributed by atoms with Crippen molar-refractivity contribution in [1.82, 2.24) is 0 Å². The summed E-state index contributed by atoms with van der Waals surface area (Å²) in [4.78, 5) is 2.35. The van der Waals surface area contributed by atoms with Crippen molar-refractivity contribution in [2.75, 3.05) is 4.90 Å². The highest BCUT2D eigenvalue weighted by Gasteiger charge is 2.37. The van der Waals surface area contributed by atoms with Gasteiger partial charge in [-0.05, 0) is 120 Å². The zero-order chi connectivity index (χ0) is 39.1. The Labute approximate surface area is 342 Å². The number of rotatable bonds is 8. The van der Waals surface area contributed by atoms with Crippen LogP contribution >= 0.6 is 0 Å². The molecule has 0 radical (unpaired) electrons. The minimum absolute atomic E-state index is 0.163. The smallest absolute Gasteiger partial charge is 0.0462 e. The molecular formula is C57H43N. The lowest BCUT2D eigenvalue weighted by atomic mass is 9.78. The molecule has 0 fully saturated rings. The predicted molar refractivity (Wildman–Crippen MR) is 246 cm³/mol. The van der Waals surface area contributed by atoms with Gasteiger partial charge in [0.05, 0.1) is 0 Å². The maximum atomic E-state index is 2.43. The predicted octanol–water partition coefficient (Wildman–Crippen LogP) is 15.8. The number of nitrogens with zero attached hydrogens (tertiary/aromatic N) is 1. The molecular weight excluding hydrogens is 699 g/mol. The van der Waals surface area contributed by atoms with Crippen molar-refractivity contribution in [2.24, 2.45) is 0 Å². The Bertz CT molecular complexity index is 2750.